The van der Waals surface area contributed by atoms with Crippen LogP contribution in [0.4, 0.5) is 5.88 Å². The molecular formula is C19H17N5O2. The largest absolute Gasteiger partial charge is 0.338 e. The SMILES string of the molecule is CCn1ncc2c(C(=O)Nc3cc(C)no3)cc(-c3ccccc3)nc21. The molecule has 0 fully saturated rings. The van der Waals surface area contributed by atoms with Crippen LogP contribution in [0.15, 0.2) is 53.2 Å². The summed E-state index contributed by atoms with van der Waals surface area (Å²) in [5, 5.41) is 11.6. The van der Waals surface area contributed by atoms with Crippen molar-refractivity contribution >= 4 is 22.8 Å². The third kappa shape index (κ3) is 2.83. The molecule has 130 valence electrons. The maximum atomic E-state index is 12.9. The molecule has 3 aromatic heterocycles. The Morgan fingerprint density at radius 2 is 2.04 bits per heavy atom. The van der Waals surface area contributed by atoms with Crippen LogP contribution in [0.25, 0.3) is 22.3 Å². The number of nitrogens with zero attached hydrogens (tertiary/aromatic N) is 4. The Kier molecular flexibility index (Phi) is 3.96. The summed E-state index contributed by atoms with van der Waals surface area (Å²) in [6.45, 7) is 4.44. The second-order valence-corrected chi connectivity index (χ2v) is 5.91. The summed E-state index contributed by atoms with van der Waals surface area (Å²) in [5.74, 6) is 0.0167. The molecule has 7 heteroatoms. The summed E-state index contributed by atoms with van der Waals surface area (Å²) < 4.78 is 6.87. The fraction of sp³-hybridized carbons (Fsp3) is 0.158. The number of pyridine rings is 1. The molecule has 1 amide bonds. The van der Waals surface area contributed by atoms with Gasteiger partial charge in [0, 0.05) is 18.2 Å². The fourth-order valence-corrected chi connectivity index (χ4v) is 2.83. The zero-order valence-electron chi connectivity index (χ0n) is 14.4. The summed E-state index contributed by atoms with van der Waals surface area (Å²) in [7, 11) is 0. The molecule has 4 aromatic rings. The number of aromatic nitrogens is 4. The number of carbonyl (C=O) groups excluding carboxylic acids is 1. The van der Waals surface area contributed by atoms with E-state index in [2.05, 4.69) is 15.6 Å². The van der Waals surface area contributed by atoms with Crippen molar-refractivity contribution in [3.8, 4) is 11.3 Å². The van der Waals surface area contributed by atoms with Crippen molar-refractivity contribution in [1.82, 2.24) is 19.9 Å². The summed E-state index contributed by atoms with van der Waals surface area (Å²) in [6.07, 6.45) is 1.67. The van der Waals surface area contributed by atoms with Gasteiger partial charge in [0.15, 0.2) is 5.65 Å². The second kappa shape index (κ2) is 6.44. The number of hydrogen-bond donors (Lipinski definition) is 1. The topological polar surface area (TPSA) is 85.8 Å². The average molecular weight is 347 g/mol. The van der Waals surface area contributed by atoms with Crippen LogP contribution in [-0.4, -0.2) is 25.8 Å². The summed E-state index contributed by atoms with van der Waals surface area (Å²) >= 11 is 0. The van der Waals surface area contributed by atoms with E-state index in [4.69, 9.17) is 9.51 Å². The van der Waals surface area contributed by atoms with Crippen LogP contribution < -0.4 is 5.32 Å². The van der Waals surface area contributed by atoms with Gasteiger partial charge in [-0.2, -0.15) is 5.10 Å². The predicted molar refractivity (Wildman–Crippen MR) is 97.8 cm³/mol. The Morgan fingerprint density at radius 3 is 2.73 bits per heavy atom. The first-order valence-corrected chi connectivity index (χ1v) is 8.32. The van der Waals surface area contributed by atoms with E-state index in [1.54, 1.807) is 29.9 Å². The van der Waals surface area contributed by atoms with Crippen LogP contribution in [-0.2, 0) is 6.54 Å². The molecule has 0 unspecified atom stereocenters. The highest BCUT2D eigenvalue weighted by atomic mass is 16.5. The molecule has 26 heavy (non-hydrogen) atoms. The highest BCUT2D eigenvalue weighted by Crippen LogP contribution is 2.25. The van der Waals surface area contributed by atoms with Crippen LogP contribution in [0, 0.1) is 6.92 Å². The van der Waals surface area contributed by atoms with Gasteiger partial charge in [0.1, 0.15) is 0 Å². The van der Waals surface area contributed by atoms with E-state index < -0.39 is 0 Å². The Labute approximate surface area is 149 Å². The Hall–Kier alpha value is -3.48. The van der Waals surface area contributed by atoms with Gasteiger partial charge < -0.3 is 4.52 Å². The number of fused-ring (bicyclic) bond motifs is 1. The van der Waals surface area contributed by atoms with Crippen LogP contribution in [0.2, 0.25) is 0 Å². The number of anilines is 1. The number of hydrogen-bond acceptors (Lipinski definition) is 5. The van der Waals surface area contributed by atoms with Crippen molar-refractivity contribution in [2.45, 2.75) is 20.4 Å². The smallest absolute Gasteiger partial charge is 0.258 e. The van der Waals surface area contributed by atoms with Crippen molar-refractivity contribution in [2.24, 2.45) is 0 Å². The zero-order valence-corrected chi connectivity index (χ0v) is 14.4. The number of aryl methyl sites for hydroxylation is 2. The number of nitrogens with one attached hydrogen (secondary N) is 1. The van der Waals surface area contributed by atoms with Crippen molar-refractivity contribution in [1.29, 1.82) is 0 Å². The van der Waals surface area contributed by atoms with E-state index >= 15 is 0 Å². The molecular weight excluding hydrogens is 330 g/mol. The molecule has 0 atom stereocenters. The van der Waals surface area contributed by atoms with E-state index in [0.717, 1.165) is 5.56 Å². The minimum atomic E-state index is -0.290. The van der Waals surface area contributed by atoms with Gasteiger partial charge in [-0.1, -0.05) is 35.5 Å². The molecule has 1 aromatic carbocycles. The Morgan fingerprint density at radius 1 is 1.23 bits per heavy atom. The molecule has 1 N–H and O–H groups in total. The minimum absolute atomic E-state index is 0.290. The standard InChI is InChI=1S/C19H17N5O2/c1-3-24-18-15(11-20-24)14(19(25)22-17-9-12(2)23-26-17)10-16(21-18)13-7-5-4-6-8-13/h4-11H,3H2,1-2H3,(H,22,25). The van der Waals surface area contributed by atoms with E-state index in [-0.39, 0.29) is 5.91 Å². The molecule has 0 spiro atoms. The second-order valence-electron chi connectivity index (χ2n) is 5.91. The first-order chi connectivity index (χ1) is 12.7. The molecule has 0 aliphatic rings. The number of amides is 1. The molecule has 0 aliphatic carbocycles. The number of carbonyl (C=O) groups is 1. The van der Waals surface area contributed by atoms with Gasteiger partial charge in [-0.3, -0.25) is 10.1 Å². The van der Waals surface area contributed by atoms with Gasteiger partial charge in [-0.05, 0) is 19.9 Å². The minimum Gasteiger partial charge on any atom is -0.338 e. The highest BCUT2D eigenvalue weighted by Gasteiger charge is 2.18. The van der Waals surface area contributed by atoms with Crippen molar-refractivity contribution in [3.63, 3.8) is 0 Å². The van der Waals surface area contributed by atoms with E-state index in [1.807, 2.05) is 37.3 Å². The van der Waals surface area contributed by atoms with Gasteiger partial charge in [-0.15, -0.1) is 0 Å². The molecule has 4 rings (SSSR count). The quantitative estimate of drug-likeness (QED) is 0.609. The van der Waals surface area contributed by atoms with Crippen molar-refractivity contribution < 1.29 is 9.32 Å². The van der Waals surface area contributed by atoms with E-state index in [1.165, 1.54) is 0 Å². The van der Waals surface area contributed by atoms with Gasteiger partial charge >= 0.3 is 0 Å². The van der Waals surface area contributed by atoms with Gasteiger partial charge in [0.2, 0.25) is 5.88 Å². The van der Waals surface area contributed by atoms with E-state index in [9.17, 15) is 4.79 Å². The third-order valence-electron chi connectivity index (χ3n) is 4.09. The maximum absolute atomic E-state index is 12.9. The van der Waals surface area contributed by atoms with Crippen molar-refractivity contribution in [3.05, 3.63) is 59.9 Å². The summed E-state index contributed by atoms with van der Waals surface area (Å²) in [6, 6.07) is 13.2. The maximum Gasteiger partial charge on any atom is 0.258 e. The average Bonchev–Trinajstić information content (AvgIpc) is 3.27. The first-order valence-electron chi connectivity index (χ1n) is 8.32. The van der Waals surface area contributed by atoms with Crippen LogP contribution in [0.3, 0.4) is 0 Å². The van der Waals surface area contributed by atoms with Crippen LogP contribution in [0.1, 0.15) is 23.0 Å². The lowest BCUT2D eigenvalue weighted by Crippen LogP contribution is -2.12. The Balaban J connectivity index is 1.84. The van der Waals surface area contributed by atoms with Crippen molar-refractivity contribution in [2.75, 3.05) is 5.32 Å². The molecule has 0 radical (unpaired) electrons. The highest BCUT2D eigenvalue weighted by molar-refractivity contribution is 6.12. The summed E-state index contributed by atoms with van der Waals surface area (Å²) in [4.78, 5) is 17.6. The Bertz CT molecular complexity index is 1080. The summed E-state index contributed by atoms with van der Waals surface area (Å²) in [5.41, 5.74) is 3.51. The van der Waals surface area contributed by atoms with Crippen LogP contribution in [0.5, 0.6) is 0 Å². The molecule has 0 bridgehead atoms. The lowest BCUT2D eigenvalue weighted by molar-refractivity contribution is 0.102. The van der Waals surface area contributed by atoms with Gasteiger partial charge in [0.05, 0.1) is 28.5 Å². The number of rotatable bonds is 4. The molecule has 7 nitrogen and oxygen atoms in total. The lowest BCUT2D eigenvalue weighted by Gasteiger charge is -2.08. The number of benzene rings is 1. The normalized spacial score (nSPS) is 11.0. The first kappa shape index (κ1) is 16.0. The van der Waals surface area contributed by atoms with Gasteiger partial charge in [0.25, 0.3) is 5.91 Å². The molecule has 0 saturated heterocycles. The molecule has 0 aliphatic heterocycles. The third-order valence-corrected chi connectivity index (χ3v) is 4.09. The monoisotopic (exact) mass is 347 g/mol. The van der Waals surface area contributed by atoms with Gasteiger partial charge in [-0.25, -0.2) is 9.67 Å². The molecule has 0 saturated carbocycles. The van der Waals surface area contributed by atoms with E-state index in [0.29, 0.717) is 40.4 Å². The lowest BCUT2D eigenvalue weighted by atomic mass is 10.1. The van der Waals surface area contributed by atoms with Crippen LogP contribution >= 0.6 is 0 Å². The predicted octanol–water partition coefficient (Wildman–Crippen LogP) is 3.67. The fourth-order valence-electron chi connectivity index (χ4n) is 2.83. The molecule has 3 heterocycles. The zero-order chi connectivity index (χ0) is 18.1.